The Morgan fingerprint density at radius 1 is 0.903 bits per heavy atom. The van der Waals surface area contributed by atoms with Crippen molar-refractivity contribution in [1.82, 2.24) is 14.8 Å². The highest BCUT2D eigenvalue weighted by Crippen LogP contribution is 2.27. The van der Waals surface area contributed by atoms with E-state index in [2.05, 4.69) is 10.2 Å². The lowest BCUT2D eigenvalue weighted by Crippen LogP contribution is -2.08. The molecule has 4 aromatic rings. The van der Waals surface area contributed by atoms with Crippen LogP contribution in [0.2, 0.25) is 0 Å². The Kier molecular flexibility index (Phi) is 6.47. The molecule has 158 valence electrons. The Morgan fingerprint density at radius 3 is 2.42 bits per heavy atom. The van der Waals surface area contributed by atoms with E-state index in [1.54, 1.807) is 60.2 Å². The molecule has 31 heavy (non-hydrogen) atoms. The van der Waals surface area contributed by atoms with Crippen LogP contribution >= 0.6 is 11.8 Å². The van der Waals surface area contributed by atoms with Gasteiger partial charge < -0.3 is 9.47 Å². The third-order valence-electron chi connectivity index (χ3n) is 4.48. The molecule has 5 nitrogen and oxygen atoms in total. The minimum atomic E-state index is -0.402. The lowest BCUT2D eigenvalue weighted by atomic mass is 10.2. The molecule has 0 spiro atoms. The van der Waals surface area contributed by atoms with E-state index in [9.17, 15) is 8.78 Å². The van der Waals surface area contributed by atoms with Crippen LogP contribution in [0.15, 0.2) is 78.0 Å². The molecule has 1 aromatic heterocycles. The van der Waals surface area contributed by atoms with Crippen LogP contribution < -0.4 is 9.47 Å². The van der Waals surface area contributed by atoms with Gasteiger partial charge in [0.15, 0.2) is 11.0 Å². The molecule has 0 aliphatic rings. The zero-order chi connectivity index (χ0) is 21.6. The molecule has 0 fully saturated rings. The molecule has 0 amide bonds. The SMILES string of the molecule is COc1ccc(OCc2nnc(SCc3cccc(F)c3)n2-c2ccccc2F)cc1. The number of aromatic nitrogens is 3. The normalized spacial score (nSPS) is 10.8. The van der Waals surface area contributed by atoms with Crippen molar-refractivity contribution >= 4 is 11.8 Å². The van der Waals surface area contributed by atoms with Crippen molar-refractivity contribution < 1.29 is 18.3 Å². The number of thioether (sulfide) groups is 1. The van der Waals surface area contributed by atoms with Gasteiger partial charge in [-0.3, -0.25) is 4.57 Å². The molecule has 0 unspecified atom stereocenters. The first kappa shape index (κ1) is 20.9. The van der Waals surface area contributed by atoms with Crippen LogP contribution in [0.1, 0.15) is 11.4 Å². The van der Waals surface area contributed by atoms with Crippen molar-refractivity contribution in [3.63, 3.8) is 0 Å². The molecule has 0 aliphatic heterocycles. The number of methoxy groups -OCH3 is 1. The molecule has 0 bridgehead atoms. The number of hydrogen-bond acceptors (Lipinski definition) is 5. The highest BCUT2D eigenvalue weighted by Gasteiger charge is 2.18. The van der Waals surface area contributed by atoms with Crippen molar-refractivity contribution in [2.24, 2.45) is 0 Å². The maximum Gasteiger partial charge on any atom is 0.196 e. The van der Waals surface area contributed by atoms with E-state index < -0.39 is 5.82 Å². The van der Waals surface area contributed by atoms with E-state index in [0.717, 1.165) is 11.3 Å². The quantitative estimate of drug-likeness (QED) is 0.343. The molecule has 4 rings (SSSR count). The largest absolute Gasteiger partial charge is 0.497 e. The summed E-state index contributed by atoms with van der Waals surface area (Å²) in [6.07, 6.45) is 0. The number of ether oxygens (including phenoxy) is 2. The number of hydrogen-bond donors (Lipinski definition) is 0. The fraction of sp³-hybridized carbons (Fsp3) is 0.130. The molecule has 1 heterocycles. The summed E-state index contributed by atoms with van der Waals surface area (Å²) >= 11 is 1.34. The van der Waals surface area contributed by atoms with Crippen LogP contribution in [0.4, 0.5) is 8.78 Å². The summed E-state index contributed by atoms with van der Waals surface area (Å²) in [6.45, 7) is 0.0915. The zero-order valence-electron chi connectivity index (χ0n) is 16.7. The lowest BCUT2D eigenvalue weighted by Gasteiger charge is -2.12. The van der Waals surface area contributed by atoms with Crippen molar-refractivity contribution in [2.75, 3.05) is 7.11 Å². The second-order valence-corrected chi connectivity index (χ2v) is 7.51. The van der Waals surface area contributed by atoms with Gasteiger partial charge in [0.2, 0.25) is 0 Å². The van der Waals surface area contributed by atoms with Crippen LogP contribution in [0.5, 0.6) is 11.5 Å². The number of nitrogens with zero attached hydrogens (tertiary/aromatic N) is 3. The first-order valence-electron chi connectivity index (χ1n) is 9.47. The zero-order valence-corrected chi connectivity index (χ0v) is 17.5. The van der Waals surface area contributed by atoms with E-state index in [4.69, 9.17) is 9.47 Å². The summed E-state index contributed by atoms with van der Waals surface area (Å²) in [5.41, 5.74) is 1.12. The lowest BCUT2D eigenvalue weighted by molar-refractivity contribution is 0.292. The summed E-state index contributed by atoms with van der Waals surface area (Å²) < 4.78 is 40.7. The van der Waals surface area contributed by atoms with Gasteiger partial charge in [-0.05, 0) is 54.1 Å². The van der Waals surface area contributed by atoms with E-state index >= 15 is 0 Å². The van der Waals surface area contributed by atoms with Gasteiger partial charge in [0.25, 0.3) is 0 Å². The van der Waals surface area contributed by atoms with E-state index in [0.29, 0.717) is 28.2 Å². The van der Waals surface area contributed by atoms with Crippen molar-refractivity contribution in [1.29, 1.82) is 0 Å². The predicted octanol–water partition coefficient (Wildman–Crippen LogP) is 5.43. The molecule has 0 N–H and O–H groups in total. The Hall–Kier alpha value is -3.39. The van der Waals surface area contributed by atoms with Gasteiger partial charge in [0.1, 0.15) is 29.7 Å². The second kappa shape index (κ2) is 9.61. The molecular formula is C23H19F2N3O2S. The molecule has 8 heteroatoms. The molecular weight excluding hydrogens is 420 g/mol. The second-order valence-electron chi connectivity index (χ2n) is 6.57. The molecule has 0 saturated carbocycles. The molecule has 0 saturated heterocycles. The van der Waals surface area contributed by atoms with Gasteiger partial charge in [-0.25, -0.2) is 8.78 Å². The van der Waals surface area contributed by atoms with Gasteiger partial charge in [0.05, 0.1) is 12.8 Å². The van der Waals surface area contributed by atoms with Gasteiger partial charge >= 0.3 is 0 Å². The summed E-state index contributed by atoms with van der Waals surface area (Å²) in [5.74, 6) is 1.55. The van der Waals surface area contributed by atoms with Crippen molar-refractivity contribution in [2.45, 2.75) is 17.5 Å². The summed E-state index contributed by atoms with van der Waals surface area (Å²) in [4.78, 5) is 0. The number of benzene rings is 3. The number of para-hydroxylation sites is 1. The molecule has 0 aliphatic carbocycles. The summed E-state index contributed by atoms with van der Waals surface area (Å²) in [6, 6.07) is 19.9. The first-order chi connectivity index (χ1) is 15.1. The van der Waals surface area contributed by atoms with Crippen molar-refractivity contribution in [3.8, 4) is 17.2 Å². The Labute approximate surface area is 182 Å². The molecule has 0 atom stereocenters. The van der Waals surface area contributed by atoms with E-state index in [1.165, 1.54) is 30.0 Å². The Balaban J connectivity index is 1.59. The van der Waals surface area contributed by atoms with Crippen LogP contribution in [0.25, 0.3) is 5.69 Å². The van der Waals surface area contributed by atoms with Gasteiger partial charge in [-0.1, -0.05) is 36.0 Å². The highest BCUT2D eigenvalue weighted by atomic mass is 32.2. The average Bonchev–Trinajstić information content (AvgIpc) is 3.19. The maximum atomic E-state index is 14.6. The first-order valence-corrected chi connectivity index (χ1v) is 10.5. The van der Waals surface area contributed by atoms with Gasteiger partial charge in [-0.2, -0.15) is 0 Å². The van der Waals surface area contributed by atoms with Gasteiger partial charge in [-0.15, -0.1) is 10.2 Å². The van der Waals surface area contributed by atoms with Crippen molar-refractivity contribution in [3.05, 3.63) is 95.8 Å². The number of halogens is 2. The fourth-order valence-electron chi connectivity index (χ4n) is 2.96. The third-order valence-corrected chi connectivity index (χ3v) is 5.48. The highest BCUT2D eigenvalue weighted by molar-refractivity contribution is 7.98. The maximum absolute atomic E-state index is 14.6. The third kappa shape index (κ3) is 5.03. The summed E-state index contributed by atoms with van der Waals surface area (Å²) in [5, 5.41) is 8.93. The topological polar surface area (TPSA) is 49.2 Å². The summed E-state index contributed by atoms with van der Waals surface area (Å²) in [7, 11) is 1.59. The standard InChI is InChI=1S/C23H19F2N3O2S/c1-29-18-9-11-19(12-10-18)30-14-22-26-27-23(28(22)21-8-3-2-7-20(21)25)31-15-16-5-4-6-17(24)13-16/h2-13H,14-15H2,1H3. The smallest absolute Gasteiger partial charge is 0.196 e. The minimum Gasteiger partial charge on any atom is -0.497 e. The Bertz CT molecular complexity index is 1170. The number of rotatable bonds is 8. The monoisotopic (exact) mass is 439 g/mol. The predicted molar refractivity (Wildman–Crippen MR) is 115 cm³/mol. The van der Waals surface area contributed by atoms with Crippen LogP contribution in [0, 0.1) is 11.6 Å². The van der Waals surface area contributed by atoms with E-state index in [-0.39, 0.29) is 12.4 Å². The molecule has 3 aromatic carbocycles. The average molecular weight is 439 g/mol. The van der Waals surface area contributed by atoms with Gasteiger partial charge in [0, 0.05) is 5.75 Å². The van der Waals surface area contributed by atoms with E-state index in [1.807, 2.05) is 6.07 Å². The van der Waals surface area contributed by atoms with Crippen LogP contribution in [-0.4, -0.2) is 21.9 Å². The molecule has 0 radical (unpaired) electrons. The van der Waals surface area contributed by atoms with Crippen LogP contribution in [0.3, 0.4) is 0 Å². The van der Waals surface area contributed by atoms with Crippen LogP contribution in [-0.2, 0) is 12.4 Å². The Morgan fingerprint density at radius 2 is 1.68 bits per heavy atom. The fourth-order valence-corrected chi connectivity index (χ4v) is 3.86. The minimum absolute atomic E-state index is 0.0915.